The minimum atomic E-state index is 0.822. The van der Waals surface area contributed by atoms with Gasteiger partial charge in [-0.25, -0.2) is 0 Å². The molecule has 0 bridgehead atoms. The van der Waals surface area contributed by atoms with Crippen molar-refractivity contribution < 1.29 is 0 Å². The van der Waals surface area contributed by atoms with E-state index in [1.54, 1.807) is 0 Å². The van der Waals surface area contributed by atoms with Crippen molar-refractivity contribution in [2.75, 3.05) is 36.8 Å². The van der Waals surface area contributed by atoms with Crippen molar-refractivity contribution in [1.82, 2.24) is 9.88 Å². The Kier molecular flexibility index (Phi) is 4.06. The number of anilines is 2. The molecule has 1 aliphatic heterocycles. The third-order valence-corrected chi connectivity index (χ3v) is 4.12. The molecule has 4 heteroatoms. The SMILES string of the molecule is Cc1cccnc1CN1CCN(c2ccc(N)cc2)CC1. The lowest BCUT2D eigenvalue weighted by Crippen LogP contribution is -2.46. The number of rotatable bonds is 3. The van der Waals surface area contributed by atoms with E-state index >= 15 is 0 Å². The van der Waals surface area contributed by atoms with Crippen LogP contribution >= 0.6 is 0 Å². The Hall–Kier alpha value is -2.07. The van der Waals surface area contributed by atoms with Gasteiger partial charge < -0.3 is 10.6 Å². The van der Waals surface area contributed by atoms with E-state index in [0.29, 0.717) is 0 Å². The lowest BCUT2D eigenvalue weighted by atomic mass is 10.2. The molecule has 1 aromatic heterocycles. The molecule has 110 valence electrons. The van der Waals surface area contributed by atoms with E-state index in [0.717, 1.165) is 38.4 Å². The Labute approximate surface area is 126 Å². The van der Waals surface area contributed by atoms with Gasteiger partial charge in [0.15, 0.2) is 0 Å². The van der Waals surface area contributed by atoms with Crippen LogP contribution in [-0.4, -0.2) is 36.1 Å². The number of aromatic nitrogens is 1. The topological polar surface area (TPSA) is 45.4 Å². The highest BCUT2D eigenvalue weighted by Crippen LogP contribution is 2.19. The molecule has 3 rings (SSSR count). The van der Waals surface area contributed by atoms with Crippen LogP contribution < -0.4 is 10.6 Å². The highest BCUT2D eigenvalue weighted by molar-refractivity contribution is 5.53. The second-order valence-corrected chi connectivity index (χ2v) is 5.62. The molecule has 0 unspecified atom stereocenters. The van der Waals surface area contributed by atoms with Gasteiger partial charge in [0.25, 0.3) is 0 Å². The summed E-state index contributed by atoms with van der Waals surface area (Å²) in [4.78, 5) is 9.38. The molecule has 0 atom stereocenters. The summed E-state index contributed by atoms with van der Waals surface area (Å²) in [7, 11) is 0. The van der Waals surface area contributed by atoms with Crippen molar-refractivity contribution >= 4 is 11.4 Å². The average molecular weight is 282 g/mol. The average Bonchev–Trinajstić information content (AvgIpc) is 2.51. The van der Waals surface area contributed by atoms with Gasteiger partial charge in [0.05, 0.1) is 5.69 Å². The van der Waals surface area contributed by atoms with Gasteiger partial charge in [-0.2, -0.15) is 0 Å². The number of hydrogen-bond donors (Lipinski definition) is 1. The van der Waals surface area contributed by atoms with Crippen molar-refractivity contribution in [3.63, 3.8) is 0 Å². The summed E-state index contributed by atoms with van der Waals surface area (Å²) in [5.41, 5.74) is 10.3. The number of piperazine rings is 1. The maximum Gasteiger partial charge on any atom is 0.0573 e. The molecule has 2 heterocycles. The summed E-state index contributed by atoms with van der Waals surface area (Å²) in [6.07, 6.45) is 1.88. The van der Waals surface area contributed by atoms with Crippen molar-refractivity contribution in [1.29, 1.82) is 0 Å². The van der Waals surface area contributed by atoms with Crippen molar-refractivity contribution in [3.8, 4) is 0 Å². The maximum atomic E-state index is 5.74. The summed E-state index contributed by atoms with van der Waals surface area (Å²) in [5, 5.41) is 0. The van der Waals surface area contributed by atoms with Crippen molar-refractivity contribution in [2.24, 2.45) is 0 Å². The molecule has 0 amide bonds. The first-order chi connectivity index (χ1) is 10.2. The molecular formula is C17H22N4. The third kappa shape index (κ3) is 3.34. The van der Waals surface area contributed by atoms with Crippen LogP contribution in [0.15, 0.2) is 42.6 Å². The van der Waals surface area contributed by atoms with Crippen LogP contribution in [0.4, 0.5) is 11.4 Å². The van der Waals surface area contributed by atoms with Gasteiger partial charge in [-0.05, 0) is 42.8 Å². The van der Waals surface area contributed by atoms with Crippen LogP contribution in [0.3, 0.4) is 0 Å². The second-order valence-electron chi connectivity index (χ2n) is 5.62. The van der Waals surface area contributed by atoms with Crippen molar-refractivity contribution in [3.05, 3.63) is 53.9 Å². The van der Waals surface area contributed by atoms with Gasteiger partial charge in [0.1, 0.15) is 0 Å². The van der Waals surface area contributed by atoms with Gasteiger partial charge in [0.2, 0.25) is 0 Å². The molecule has 2 N–H and O–H groups in total. The molecule has 1 fully saturated rings. The fraction of sp³-hybridized carbons (Fsp3) is 0.353. The normalized spacial score (nSPS) is 16.1. The summed E-state index contributed by atoms with van der Waals surface area (Å²) in [6.45, 7) is 7.32. The molecule has 4 nitrogen and oxygen atoms in total. The molecule has 0 spiro atoms. The molecule has 1 aromatic carbocycles. The first-order valence-electron chi connectivity index (χ1n) is 7.46. The maximum absolute atomic E-state index is 5.74. The fourth-order valence-corrected chi connectivity index (χ4v) is 2.75. The van der Waals surface area contributed by atoms with Crippen molar-refractivity contribution in [2.45, 2.75) is 13.5 Å². The van der Waals surface area contributed by atoms with E-state index in [9.17, 15) is 0 Å². The van der Waals surface area contributed by atoms with Crippen LogP contribution in [-0.2, 0) is 6.54 Å². The molecule has 1 saturated heterocycles. The summed E-state index contributed by atoms with van der Waals surface area (Å²) in [5.74, 6) is 0. The van der Waals surface area contributed by atoms with E-state index in [2.05, 4.69) is 39.9 Å². The Balaban J connectivity index is 1.58. The van der Waals surface area contributed by atoms with Gasteiger partial charge in [-0.15, -0.1) is 0 Å². The minimum Gasteiger partial charge on any atom is -0.399 e. The van der Waals surface area contributed by atoms with Gasteiger partial charge in [-0.1, -0.05) is 6.07 Å². The number of nitrogen functional groups attached to an aromatic ring is 1. The predicted octanol–water partition coefficient (Wildman–Crippen LogP) is 2.29. The predicted molar refractivity (Wildman–Crippen MR) is 87.3 cm³/mol. The van der Waals surface area contributed by atoms with Crippen LogP contribution in [0.25, 0.3) is 0 Å². The Morgan fingerprint density at radius 3 is 2.43 bits per heavy atom. The highest BCUT2D eigenvalue weighted by Gasteiger charge is 2.18. The molecule has 0 aliphatic carbocycles. The molecule has 0 saturated carbocycles. The number of nitrogens with two attached hydrogens (primary N) is 1. The Morgan fingerprint density at radius 2 is 1.76 bits per heavy atom. The monoisotopic (exact) mass is 282 g/mol. The molecule has 0 radical (unpaired) electrons. The van der Waals surface area contributed by atoms with Gasteiger partial charge >= 0.3 is 0 Å². The first-order valence-corrected chi connectivity index (χ1v) is 7.46. The molecule has 21 heavy (non-hydrogen) atoms. The lowest BCUT2D eigenvalue weighted by molar-refractivity contribution is 0.246. The number of nitrogens with zero attached hydrogens (tertiary/aromatic N) is 3. The zero-order chi connectivity index (χ0) is 14.7. The molecule has 1 aliphatic rings. The quantitative estimate of drug-likeness (QED) is 0.877. The van der Waals surface area contributed by atoms with E-state index in [1.807, 2.05) is 24.4 Å². The zero-order valence-electron chi connectivity index (χ0n) is 12.5. The fourth-order valence-electron chi connectivity index (χ4n) is 2.75. The van der Waals surface area contributed by atoms with E-state index in [-0.39, 0.29) is 0 Å². The first kappa shape index (κ1) is 13.9. The lowest BCUT2D eigenvalue weighted by Gasteiger charge is -2.36. The smallest absolute Gasteiger partial charge is 0.0573 e. The molecule has 2 aromatic rings. The third-order valence-electron chi connectivity index (χ3n) is 4.12. The molecular weight excluding hydrogens is 260 g/mol. The Bertz CT molecular complexity index is 586. The highest BCUT2D eigenvalue weighted by atomic mass is 15.3. The van der Waals surface area contributed by atoms with Crippen LogP contribution in [0.2, 0.25) is 0 Å². The zero-order valence-corrected chi connectivity index (χ0v) is 12.5. The van der Waals surface area contributed by atoms with Gasteiger partial charge in [-0.3, -0.25) is 9.88 Å². The van der Waals surface area contributed by atoms with Crippen LogP contribution in [0.5, 0.6) is 0 Å². The second kappa shape index (κ2) is 6.14. The summed E-state index contributed by atoms with van der Waals surface area (Å²) < 4.78 is 0. The van der Waals surface area contributed by atoms with Gasteiger partial charge in [0, 0.05) is 50.3 Å². The number of pyridine rings is 1. The van der Waals surface area contributed by atoms with E-state index in [4.69, 9.17) is 5.73 Å². The standard InChI is InChI=1S/C17H22N4/c1-14-3-2-8-19-17(14)13-20-9-11-21(12-10-20)16-6-4-15(18)5-7-16/h2-8H,9-13,18H2,1H3. The Morgan fingerprint density at radius 1 is 1.05 bits per heavy atom. The van der Waals surface area contributed by atoms with Crippen LogP contribution in [0.1, 0.15) is 11.3 Å². The largest absolute Gasteiger partial charge is 0.399 e. The van der Waals surface area contributed by atoms with Crippen LogP contribution in [0, 0.1) is 6.92 Å². The summed E-state index contributed by atoms with van der Waals surface area (Å²) >= 11 is 0. The summed E-state index contributed by atoms with van der Waals surface area (Å²) in [6, 6.07) is 12.3. The van der Waals surface area contributed by atoms with E-state index < -0.39 is 0 Å². The number of benzene rings is 1. The number of aryl methyl sites for hydroxylation is 1. The minimum absolute atomic E-state index is 0.822. The van der Waals surface area contributed by atoms with E-state index in [1.165, 1.54) is 16.9 Å². The number of hydrogen-bond acceptors (Lipinski definition) is 4.